The normalized spacial score (nSPS) is 14.3. The zero-order chi connectivity index (χ0) is 21.3. The van der Waals surface area contributed by atoms with Crippen LogP contribution in [0, 0.1) is 12.7 Å². The first-order valence-electron chi connectivity index (χ1n) is 8.75. The molecule has 0 saturated carbocycles. The molecule has 3 rings (SSSR count). The van der Waals surface area contributed by atoms with Crippen molar-refractivity contribution in [1.29, 1.82) is 0 Å². The van der Waals surface area contributed by atoms with E-state index in [1.54, 1.807) is 38.1 Å². The van der Waals surface area contributed by atoms with E-state index in [-0.39, 0.29) is 17.9 Å². The first-order chi connectivity index (χ1) is 13.5. The molecule has 6 nitrogen and oxygen atoms in total. The molecule has 0 fully saturated rings. The smallest absolute Gasteiger partial charge is 0.251 e. The molecule has 0 bridgehead atoms. The molecule has 0 radical (unpaired) electrons. The van der Waals surface area contributed by atoms with Crippen LogP contribution >= 0.6 is 11.6 Å². The van der Waals surface area contributed by atoms with E-state index in [1.165, 1.54) is 6.07 Å². The number of carbonyl (C=O) groups excluding carboxylic acids is 1. The van der Waals surface area contributed by atoms with Gasteiger partial charge >= 0.3 is 0 Å². The number of benzene rings is 2. The van der Waals surface area contributed by atoms with Crippen molar-refractivity contribution in [3.8, 4) is 5.75 Å². The predicted octanol–water partition coefficient (Wildman–Crippen LogP) is 3.81. The third-order valence-corrected chi connectivity index (χ3v) is 5.26. The Morgan fingerprint density at radius 1 is 1.28 bits per heavy atom. The van der Waals surface area contributed by atoms with Crippen LogP contribution in [0.1, 0.15) is 29.7 Å². The van der Waals surface area contributed by atoms with Gasteiger partial charge in [0.15, 0.2) is 0 Å². The van der Waals surface area contributed by atoms with Crippen LogP contribution in [-0.4, -0.2) is 27.2 Å². The number of amides is 1. The second-order valence-electron chi connectivity index (χ2n) is 6.90. The van der Waals surface area contributed by atoms with E-state index < -0.39 is 27.8 Å². The van der Waals surface area contributed by atoms with Crippen molar-refractivity contribution in [2.24, 2.45) is 0 Å². The molecule has 1 amide bonds. The molecule has 1 heterocycles. The summed E-state index contributed by atoms with van der Waals surface area (Å²) < 4.78 is 45.2. The summed E-state index contributed by atoms with van der Waals surface area (Å²) in [7, 11) is -3.53. The average Bonchev–Trinajstić information content (AvgIpc) is 2.62. The van der Waals surface area contributed by atoms with Crippen molar-refractivity contribution < 1.29 is 22.3 Å². The van der Waals surface area contributed by atoms with Crippen LogP contribution in [0.25, 0.3) is 6.08 Å². The zero-order valence-electron chi connectivity index (χ0n) is 16.0. The molecule has 1 aliphatic rings. The van der Waals surface area contributed by atoms with Crippen molar-refractivity contribution in [2.75, 3.05) is 17.6 Å². The molecule has 0 spiro atoms. The minimum atomic E-state index is -3.53. The maximum absolute atomic E-state index is 14.5. The van der Waals surface area contributed by atoms with E-state index in [1.807, 2.05) is 0 Å². The molecule has 0 aromatic heterocycles. The van der Waals surface area contributed by atoms with Crippen LogP contribution in [-0.2, 0) is 14.8 Å². The zero-order valence-corrected chi connectivity index (χ0v) is 17.6. The van der Waals surface area contributed by atoms with Crippen LogP contribution in [0.3, 0.4) is 0 Å². The number of hydrogen-bond acceptors (Lipinski definition) is 4. The predicted molar refractivity (Wildman–Crippen MR) is 111 cm³/mol. The summed E-state index contributed by atoms with van der Waals surface area (Å²) in [6.07, 6.45) is 2.68. The summed E-state index contributed by atoms with van der Waals surface area (Å²) in [5.41, 5.74) is 2.02. The Balaban J connectivity index is 1.79. The van der Waals surface area contributed by atoms with Crippen LogP contribution < -0.4 is 14.8 Å². The fourth-order valence-corrected chi connectivity index (χ4v) is 3.79. The van der Waals surface area contributed by atoms with Crippen molar-refractivity contribution in [3.63, 3.8) is 0 Å². The van der Waals surface area contributed by atoms with Crippen LogP contribution in [0.2, 0.25) is 5.02 Å². The molecule has 2 aromatic rings. The average molecular weight is 439 g/mol. The second-order valence-corrected chi connectivity index (χ2v) is 9.08. The number of hydrogen-bond donors (Lipinski definition) is 2. The highest BCUT2D eigenvalue weighted by Gasteiger charge is 2.21. The van der Waals surface area contributed by atoms with Gasteiger partial charge in [-0.2, -0.15) is 0 Å². The Labute approximate surface area is 173 Å². The van der Waals surface area contributed by atoms with E-state index in [9.17, 15) is 17.6 Å². The molecule has 1 atom stereocenters. The fourth-order valence-electron chi connectivity index (χ4n) is 2.99. The lowest BCUT2D eigenvalue weighted by atomic mass is 10.0. The highest BCUT2D eigenvalue weighted by atomic mass is 35.5. The topological polar surface area (TPSA) is 84.5 Å². The molecule has 2 N–H and O–H groups in total. The highest BCUT2D eigenvalue weighted by molar-refractivity contribution is 7.92. The van der Waals surface area contributed by atoms with Gasteiger partial charge in [-0.15, -0.1) is 0 Å². The number of anilines is 1. The Bertz CT molecular complexity index is 1120. The molecule has 1 aliphatic heterocycles. The van der Waals surface area contributed by atoms with Crippen molar-refractivity contribution in [3.05, 3.63) is 63.4 Å². The Morgan fingerprint density at radius 2 is 2.00 bits per heavy atom. The lowest BCUT2D eigenvalue weighted by Gasteiger charge is -2.21. The molecule has 154 valence electrons. The molecular weight excluding hydrogens is 419 g/mol. The largest absolute Gasteiger partial charge is 0.488 e. The van der Waals surface area contributed by atoms with Crippen LogP contribution in [0.4, 0.5) is 10.1 Å². The molecular formula is C20H20ClFN2O4S. The van der Waals surface area contributed by atoms with Gasteiger partial charge in [-0.3, -0.25) is 9.52 Å². The maximum atomic E-state index is 14.5. The standard InChI is InChI=1S/C20H20ClFN2O4S/c1-11-6-16(17(22)9-18(11)24-29(3,26)27)12(2)23-20(25)14-7-13-8-15(21)4-5-19(13)28-10-14/h4-9,12,24H,10H2,1-3H3,(H,23,25)/t12-/m1/s1. The molecule has 2 aromatic carbocycles. The van der Waals surface area contributed by atoms with Gasteiger partial charge in [0.2, 0.25) is 10.0 Å². The molecule has 0 unspecified atom stereocenters. The number of ether oxygens (including phenoxy) is 1. The van der Waals surface area contributed by atoms with Crippen molar-refractivity contribution in [1.82, 2.24) is 5.32 Å². The van der Waals surface area contributed by atoms with Gasteiger partial charge in [-0.25, -0.2) is 12.8 Å². The number of halogens is 2. The second kappa shape index (κ2) is 8.04. The number of rotatable bonds is 5. The fraction of sp³-hybridized carbons (Fsp3) is 0.250. The first kappa shape index (κ1) is 21.1. The minimum Gasteiger partial charge on any atom is -0.488 e. The third kappa shape index (κ3) is 5.07. The third-order valence-electron chi connectivity index (χ3n) is 4.43. The van der Waals surface area contributed by atoms with Gasteiger partial charge in [-0.1, -0.05) is 11.6 Å². The highest BCUT2D eigenvalue weighted by Crippen LogP contribution is 2.30. The maximum Gasteiger partial charge on any atom is 0.251 e. The van der Waals surface area contributed by atoms with E-state index in [4.69, 9.17) is 16.3 Å². The summed E-state index contributed by atoms with van der Waals surface area (Å²) >= 11 is 5.98. The van der Waals surface area contributed by atoms with E-state index >= 15 is 0 Å². The monoisotopic (exact) mass is 438 g/mol. The summed E-state index contributed by atoms with van der Waals surface area (Å²) in [5.74, 6) is -0.381. The van der Waals surface area contributed by atoms with Gasteiger partial charge in [0.1, 0.15) is 18.2 Å². The van der Waals surface area contributed by atoms with E-state index in [0.29, 0.717) is 27.5 Å². The molecule has 0 saturated heterocycles. The Hall–Kier alpha value is -2.58. The van der Waals surface area contributed by atoms with Gasteiger partial charge in [0.25, 0.3) is 5.91 Å². The van der Waals surface area contributed by atoms with Gasteiger partial charge in [0.05, 0.1) is 23.6 Å². The number of sulfonamides is 1. The summed E-state index contributed by atoms with van der Waals surface area (Å²) in [6.45, 7) is 3.39. The van der Waals surface area contributed by atoms with E-state index in [2.05, 4.69) is 10.0 Å². The summed E-state index contributed by atoms with van der Waals surface area (Å²) in [4.78, 5) is 12.6. The number of carbonyl (C=O) groups is 1. The summed E-state index contributed by atoms with van der Waals surface area (Å²) in [5, 5.41) is 3.28. The van der Waals surface area contributed by atoms with Crippen molar-refractivity contribution >= 4 is 39.3 Å². The number of aryl methyl sites for hydroxylation is 1. The number of fused-ring (bicyclic) bond motifs is 1. The van der Waals surface area contributed by atoms with Gasteiger partial charge in [0, 0.05) is 16.1 Å². The van der Waals surface area contributed by atoms with E-state index in [0.717, 1.165) is 12.3 Å². The van der Waals surface area contributed by atoms with Crippen LogP contribution in [0.5, 0.6) is 5.75 Å². The number of nitrogens with one attached hydrogen (secondary N) is 2. The molecule has 0 aliphatic carbocycles. The first-order valence-corrected chi connectivity index (χ1v) is 11.0. The SMILES string of the molecule is Cc1cc([C@@H](C)NC(=O)C2=Cc3cc(Cl)ccc3OC2)c(F)cc1NS(C)(=O)=O. The Morgan fingerprint density at radius 3 is 2.69 bits per heavy atom. The lowest BCUT2D eigenvalue weighted by molar-refractivity contribution is -0.118. The molecule has 9 heteroatoms. The molecule has 29 heavy (non-hydrogen) atoms. The summed E-state index contributed by atoms with van der Waals surface area (Å²) in [6, 6.07) is 7.10. The minimum absolute atomic E-state index is 0.0892. The van der Waals surface area contributed by atoms with Crippen LogP contribution in [0.15, 0.2) is 35.9 Å². The van der Waals surface area contributed by atoms with Gasteiger partial charge in [-0.05, 0) is 55.8 Å². The lowest BCUT2D eigenvalue weighted by Crippen LogP contribution is -2.31. The quantitative estimate of drug-likeness (QED) is 0.743. The van der Waals surface area contributed by atoms with Crippen molar-refractivity contribution in [2.45, 2.75) is 19.9 Å². The van der Waals surface area contributed by atoms with Gasteiger partial charge < -0.3 is 10.1 Å². The Kier molecular flexibility index (Phi) is 5.86.